The second-order valence-electron chi connectivity index (χ2n) is 6.18. The van der Waals surface area contributed by atoms with Crippen LogP contribution in [0.15, 0.2) is 18.2 Å². The van der Waals surface area contributed by atoms with Crippen LogP contribution in [-0.2, 0) is 0 Å². The lowest BCUT2D eigenvalue weighted by Gasteiger charge is -2.27. The highest BCUT2D eigenvalue weighted by Gasteiger charge is 2.20. The van der Waals surface area contributed by atoms with Crippen molar-refractivity contribution in [2.24, 2.45) is 5.92 Å². The van der Waals surface area contributed by atoms with Crippen LogP contribution in [0.4, 0.5) is 0 Å². The van der Waals surface area contributed by atoms with Gasteiger partial charge in [-0.3, -0.25) is 0 Å². The first-order chi connectivity index (χ1) is 8.56. The van der Waals surface area contributed by atoms with E-state index in [1.165, 1.54) is 36.8 Å². The molecule has 18 heavy (non-hydrogen) atoms. The molecule has 1 aromatic carbocycles. The summed E-state index contributed by atoms with van der Waals surface area (Å²) in [5, 5.41) is 0. The lowest BCUT2D eigenvalue weighted by Crippen LogP contribution is -2.23. The minimum Gasteiger partial charge on any atom is -0.490 e. The highest BCUT2D eigenvalue weighted by atomic mass is 16.5. The first-order valence-electron chi connectivity index (χ1n) is 7.33. The Hall–Kier alpha value is -0.980. The fraction of sp³-hybridized carbons (Fsp3) is 0.647. The van der Waals surface area contributed by atoms with Crippen molar-refractivity contribution in [3.05, 3.63) is 29.3 Å². The van der Waals surface area contributed by atoms with E-state index in [1.54, 1.807) is 0 Å². The Bertz CT molecular complexity index is 387. The molecule has 0 bridgehead atoms. The van der Waals surface area contributed by atoms with Crippen molar-refractivity contribution in [1.29, 1.82) is 0 Å². The van der Waals surface area contributed by atoms with E-state index in [9.17, 15) is 0 Å². The maximum Gasteiger partial charge on any atom is 0.122 e. The summed E-state index contributed by atoms with van der Waals surface area (Å²) in [6.45, 7) is 8.96. The number of hydrogen-bond donors (Lipinski definition) is 0. The lowest BCUT2D eigenvalue weighted by molar-refractivity contribution is 0.134. The van der Waals surface area contributed by atoms with Crippen molar-refractivity contribution < 1.29 is 4.74 Å². The molecule has 1 aliphatic rings. The normalized spacial score (nSPS) is 24.3. The van der Waals surface area contributed by atoms with Crippen molar-refractivity contribution >= 4 is 0 Å². The van der Waals surface area contributed by atoms with Gasteiger partial charge in [-0.25, -0.2) is 0 Å². The predicted molar refractivity (Wildman–Crippen MR) is 77.3 cm³/mol. The molecule has 2 rings (SSSR count). The maximum absolute atomic E-state index is 6.23. The number of ether oxygens (including phenoxy) is 1. The molecule has 0 spiro atoms. The monoisotopic (exact) mass is 246 g/mol. The smallest absolute Gasteiger partial charge is 0.122 e. The van der Waals surface area contributed by atoms with E-state index in [2.05, 4.69) is 45.9 Å². The zero-order valence-electron chi connectivity index (χ0n) is 12.2. The molecule has 0 saturated heterocycles. The minimum atomic E-state index is 0.433. The molecule has 1 heteroatoms. The number of rotatable bonds is 3. The van der Waals surface area contributed by atoms with E-state index < -0.39 is 0 Å². The second-order valence-corrected chi connectivity index (χ2v) is 6.18. The van der Waals surface area contributed by atoms with Gasteiger partial charge in [0.1, 0.15) is 5.75 Å². The molecule has 0 atom stereocenters. The van der Waals surface area contributed by atoms with Gasteiger partial charge < -0.3 is 4.74 Å². The Kier molecular flexibility index (Phi) is 4.31. The molecule has 1 aliphatic carbocycles. The van der Waals surface area contributed by atoms with Crippen LogP contribution in [0.5, 0.6) is 5.75 Å². The molecule has 0 N–H and O–H groups in total. The Morgan fingerprint density at radius 1 is 1.11 bits per heavy atom. The fourth-order valence-corrected chi connectivity index (χ4v) is 2.63. The van der Waals surface area contributed by atoms with E-state index in [1.807, 2.05) is 0 Å². The van der Waals surface area contributed by atoms with Crippen molar-refractivity contribution in [3.63, 3.8) is 0 Å². The van der Waals surface area contributed by atoms with Gasteiger partial charge in [0.2, 0.25) is 0 Å². The summed E-state index contributed by atoms with van der Waals surface area (Å²) < 4.78 is 6.23. The first kappa shape index (κ1) is 13.5. The molecule has 0 radical (unpaired) electrons. The van der Waals surface area contributed by atoms with Gasteiger partial charge in [0.15, 0.2) is 0 Å². The van der Waals surface area contributed by atoms with Crippen LogP contribution < -0.4 is 4.74 Å². The molecule has 1 fully saturated rings. The molecule has 1 nitrogen and oxygen atoms in total. The standard InChI is InChI=1S/C17H26O/c1-12(2)15-8-7-14(4)17(11-15)18-16-9-5-13(3)6-10-16/h7-8,11-13,16H,5-6,9-10H2,1-4H3. The van der Waals surface area contributed by atoms with Crippen molar-refractivity contribution in [3.8, 4) is 5.75 Å². The van der Waals surface area contributed by atoms with Gasteiger partial charge in [0.25, 0.3) is 0 Å². The predicted octanol–water partition coefficient (Wildman–Crippen LogP) is 5.08. The molecule has 100 valence electrons. The second kappa shape index (κ2) is 5.77. The highest BCUT2D eigenvalue weighted by molar-refractivity contribution is 5.37. The van der Waals surface area contributed by atoms with Gasteiger partial charge in [0.05, 0.1) is 6.10 Å². The van der Waals surface area contributed by atoms with Gasteiger partial charge in [0, 0.05) is 0 Å². The Morgan fingerprint density at radius 2 is 1.78 bits per heavy atom. The summed E-state index contributed by atoms with van der Waals surface area (Å²) >= 11 is 0. The number of hydrogen-bond acceptors (Lipinski definition) is 1. The van der Waals surface area contributed by atoms with E-state index in [0.717, 1.165) is 11.7 Å². The first-order valence-corrected chi connectivity index (χ1v) is 7.33. The maximum atomic E-state index is 6.23. The summed E-state index contributed by atoms with van der Waals surface area (Å²) in [6.07, 6.45) is 5.49. The van der Waals surface area contributed by atoms with Crippen molar-refractivity contribution in [1.82, 2.24) is 0 Å². The van der Waals surface area contributed by atoms with Crippen LogP contribution >= 0.6 is 0 Å². The third kappa shape index (κ3) is 3.28. The molecule has 0 heterocycles. The SMILES string of the molecule is Cc1ccc(C(C)C)cc1OC1CCC(C)CC1. The van der Waals surface area contributed by atoms with Crippen LogP contribution in [-0.4, -0.2) is 6.10 Å². The third-order valence-electron chi connectivity index (χ3n) is 4.14. The Labute approximate surface area is 112 Å². The number of aryl methyl sites for hydroxylation is 1. The molecule has 0 unspecified atom stereocenters. The highest BCUT2D eigenvalue weighted by Crippen LogP contribution is 2.30. The van der Waals surface area contributed by atoms with Crippen LogP contribution in [0.3, 0.4) is 0 Å². The van der Waals surface area contributed by atoms with Crippen LogP contribution in [0.1, 0.15) is 63.5 Å². The molecule has 0 aliphatic heterocycles. The summed E-state index contributed by atoms with van der Waals surface area (Å²) in [6, 6.07) is 6.64. The number of benzene rings is 1. The zero-order chi connectivity index (χ0) is 13.1. The average Bonchev–Trinajstić information content (AvgIpc) is 2.34. The van der Waals surface area contributed by atoms with Gasteiger partial charge in [-0.1, -0.05) is 32.9 Å². The summed E-state index contributed by atoms with van der Waals surface area (Å²) in [7, 11) is 0. The van der Waals surface area contributed by atoms with Crippen molar-refractivity contribution in [2.75, 3.05) is 0 Å². The topological polar surface area (TPSA) is 9.23 Å². The van der Waals surface area contributed by atoms with Crippen LogP contribution in [0.25, 0.3) is 0 Å². The van der Waals surface area contributed by atoms with Crippen LogP contribution in [0, 0.1) is 12.8 Å². The quantitative estimate of drug-likeness (QED) is 0.723. The summed E-state index contributed by atoms with van der Waals surface area (Å²) in [4.78, 5) is 0. The van der Waals surface area contributed by atoms with Gasteiger partial charge in [-0.15, -0.1) is 0 Å². The summed E-state index contributed by atoms with van der Waals surface area (Å²) in [5.74, 6) is 2.55. The van der Waals surface area contributed by atoms with Gasteiger partial charge in [-0.05, 0) is 61.6 Å². The van der Waals surface area contributed by atoms with Gasteiger partial charge >= 0.3 is 0 Å². The van der Waals surface area contributed by atoms with E-state index in [4.69, 9.17) is 4.74 Å². The van der Waals surface area contributed by atoms with E-state index in [-0.39, 0.29) is 0 Å². The van der Waals surface area contributed by atoms with Crippen molar-refractivity contribution in [2.45, 2.75) is 65.4 Å². The molecule has 1 aromatic rings. The summed E-state index contributed by atoms with van der Waals surface area (Å²) in [5.41, 5.74) is 2.64. The Morgan fingerprint density at radius 3 is 2.39 bits per heavy atom. The minimum absolute atomic E-state index is 0.433. The molecule has 0 aromatic heterocycles. The van der Waals surface area contributed by atoms with E-state index >= 15 is 0 Å². The third-order valence-corrected chi connectivity index (χ3v) is 4.14. The van der Waals surface area contributed by atoms with Crippen LogP contribution in [0.2, 0.25) is 0 Å². The largest absolute Gasteiger partial charge is 0.490 e. The molecular weight excluding hydrogens is 220 g/mol. The van der Waals surface area contributed by atoms with Gasteiger partial charge in [-0.2, -0.15) is 0 Å². The average molecular weight is 246 g/mol. The Balaban J connectivity index is 2.06. The lowest BCUT2D eigenvalue weighted by atomic mass is 9.89. The molecule has 0 amide bonds. The fourth-order valence-electron chi connectivity index (χ4n) is 2.63. The van der Waals surface area contributed by atoms with E-state index in [0.29, 0.717) is 12.0 Å². The molecular formula is C17H26O. The zero-order valence-corrected chi connectivity index (χ0v) is 12.2. The molecule has 1 saturated carbocycles.